The minimum atomic E-state index is -1.23. The van der Waals surface area contributed by atoms with Crippen LogP contribution in [0.15, 0.2) is 0 Å². The summed E-state index contributed by atoms with van der Waals surface area (Å²) in [6, 6.07) is 0. The molecule has 0 saturated heterocycles. The van der Waals surface area contributed by atoms with E-state index in [9.17, 15) is 4.39 Å². The van der Waals surface area contributed by atoms with Crippen molar-refractivity contribution < 1.29 is 9.50 Å². The fourth-order valence-corrected chi connectivity index (χ4v) is 0.702. The Balaban J connectivity index is 3.39. The minimum absolute atomic E-state index is 0.215. The fraction of sp³-hybridized carbons (Fsp3) is 1.00. The topological polar surface area (TPSA) is 20.2 Å². The van der Waals surface area contributed by atoms with E-state index in [1.807, 2.05) is 0 Å². The molecule has 0 aromatic carbocycles. The second-order valence-electron chi connectivity index (χ2n) is 2.77. The van der Waals surface area contributed by atoms with E-state index in [2.05, 4.69) is 0 Å². The van der Waals surface area contributed by atoms with Gasteiger partial charge in [0.1, 0.15) is 5.67 Å². The lowest BCUT2D eigenvalue weighted by Crippen LogP contribution is -2.18. The van der Waals surface area contributed by atoms with Gasteiger partial charge < -0.3 is 5.11 Å². The zero-order valence-electron chi connectivity index (χ0n) is 5.61. The van der Waals surface area contributed by atoms with Crippen LogP contribution in [-0.4, -0.2) is 16.9 Å². The Morgan fingerprint density at radius 3 is 2.00 bits per heavy atom. The standard InChI is InChI=1S/C6H13FO/c1-5(8)4-6(2,3)7/h5,8H,4H2,1-3H3/t5-/m1/s1. The van der Waals surface area contributed by atoms with E-state index in [1.165, 1.54) is 13.8 Å². The smallest absolute Gasteiger partial charge is 0.108 e. The highest BCUT2D eigenvalue weighted by molar-refractivity contribution is 4.68. The monoisotopic (exact) mass is 120 g/mol. The van der Waals surface area contributed by atoms with Crippen LogP contribution >= 0.6 is 0 Å². The summed E-state index contributed by atoms with van der Waals surface area (Å²) in [6.45, 7) is 4.50. The maximum absolute atomic E-state index is 12.5. The fourth-order valence-electron chi connectivity index (χ4n) is 0.702. The predicted molar refractivity (Wildman–Crippen MR) is 31.5 cm³/mol. The third-order valence-electron chi connectivity index (χ3n) is 0.781. The molecular weight excluding hydrogens is 107 g/mol. The molecule has 50 valence electrons. The Kier molecular flexibility index (Phi) is 2.41. The van der Waals surface area contributed by atoms with Crippen molar-refractivity contribution in [2.24, 2.45) is 0 Å². The highest BCUT2D eigenvalue weighted by Crippen LogP contribution is 2.15. The number of hydrogen-bond donors (Lipinski definition) is 1. The molecule has 0 aromatic rings. The van der Waals surface area contributed by atoms with Gasteiger partial charge in [0.05, 0.1) is 6.10 Å². The maximum atomic E-state index is 12.5. The average molecular weight is 120 g/mol. The molecule has 8 heavy (non-hydrogen) atoms. The summed E-state index contributed by atoms with van der Waals surface area (Å²) >= 11 is 0. The summed E-state index contributed by atoms with van der Waals surface area (Å²) in [4.78, 5) is 0. The molecule has 0 aliphatic heterocycles. The SMILES string of the molecule is C[C@@H](O)CC(C)(C)F. The molecule has 0 fully saturated rings. The normalized spacial score (nSPS) is 16.1. The summed E-state index contributed by atoms with van der Waals surface area (Å²) < 4.78 is 12.5. The first-order chi connectivity index (χ1) is 3.42. The van der Waals surface area contributed by atoms with Crippen LogP contribution in [0, 0.1) is 0 Å². The van der Waals surface area contributed by atoms with Crippen LogP contribution in [-0.2, 0) is 0 Å². The largest absolute Gasteiger partial charge is 0.393 e. The van der Waals surface area contributed by atoms with E-state index in [1.54, 1.807) is 6.92 Å². The van der Waals surface area contributed by atoms with Crippen LogP contribution in [0.25, 0.3) is 0 Å². The molecule has 0 bridgehead atoms. The molecule has 2 heteroatoms. The van der Waals surface area contributed by atoms with Gasteiger partial charge in [-0.2, -0.15) is 0 Å². The van der Waals surface area contributed by atoms with Gasteiger partial charge in [-0.1, -0.05) is 0 Å². The van der Waals surface area contributed by atoms with Crippen LogP contribution in [0.5, 0.6) is 0 Å². The van der Waals surface area contributed by atoms with Gasteiger partial charge in [-0.05, 0) is 20.8 Å². The quantitative estimate of drug-likeness (QED) is 0.585. The first-order valence-corrected chi connectivity index (χ1v) is 2.79. The Bertz CT molecular complexity index is 63.4. The highest BCUT2D eigenvalue weighted by atomic mass is 19.1. The van der Waals surface area contributed by atoms with E-state index in [0.29, 0.717) is 0 Å². The third-order valence-corrected chi connectivity index (χ3v) is 0.781. The molecule has 0 amide bonds. The van der Waals surface area contributed by atoms with Gasteiger partial charge in [0.2, 0.25) is 0 Å². The minimum Gasteiger partial charge on any atom is -0.393 e. The van der Waals surface area contributed by atoms with Gasteiger partial charge in [0.15, 0.2) is 0 Å². The summed E-state index contributed by atoms with van der Waals surface area (Å²) in [5.41, 5.74) is -1.23. The van der Waals surface area contributed by atoms with E-state index < -0.39 is 11.8 Å². The van der Waals surface area contributed by atoms with Crippen LogP contribution < -0.4 is 0 Å². The van der Waals surface area contributed by atoms with Crippen LogP contribution in [0.2, 0.25) is 0 Å². The molecule has 0 heterocycles. The summed E-state index contributed by atoms with van der Waals surface area (Å²) in [6.07, 6.45) is -0.317. The molecule has 1 atom stereocenters. The Morgan fingerprint density at radius 2 is 2.00 bits per heavy atom. The van der Waals surface area contributed by atoms with Crippen molar-refractivity contribution in [1.82, 2.24) is 0 Å². The lowest BCUT2D eigenvalue weighted by atomic mass is 10.0. The molecule has 1 N–H and O–H groups in total. The summed E-state index contributed by atoms with van der Waals surface area (Å²) in [5.74, 6) is 0. The van der Waals surface area contributed by atoms with Gasteiger partial charge >= 0.3 is 0 Å². The second-order valence-corrected chi connectivity index (χ2v) is 2.77. The van der Waals surface area contributed by atoms with E-state index in [4.69, 9.17) is 5.11 Å². The molecule has 0 aliphatic carbocycles. The average Bonchev–Trinajstić information content (AvgIpc) is 1.21. The van der Waals surface area contributed by atoms with Gasteiger partial charge in [-0.25, -0.2) is 4.39 Å². The van der Waals surface area contributed by atoms with Crippen molar-refractivity contribution in [3.05, 3.63) is 0 Å². The Labute approximate surface area is 49.5 Å². The molecule has 1 nitrogen and oxygen atoms in total. The van der Waals surface area contributed by atoms with Gasteiger partial charge in [0.25, 0.3) is 0 Å². The Hall–Kier alpha value is -0.110. The predicted octanol–water partition coefficient (Wildman–Crippen LogP) is 1.51. The highest BCUT2D eigenvalue weighted by Gasteiger charge is 2.17. The van der Waals surface area contributed by atoms with Crippen LogP contribution in [0.4, 0.5) is 4.39 Å². The first kappa shape index (κ1) is 7.89. The zero-order chi connectivity index (χ0) is 6.78. The lowest BCUT2D eigenvalue weighted by molar-refractivity contribution is 0.0976. The third kappa shape index (κ3) is 5.89. The van der Waals surface area contributed by atoms with Gasteiger partial charge in [-0.15, -0.1) is 0 Å². The number of rotatable bonds is 2. The molecule has 0 radical (unpaired) electrons. The van der Waals surface area contributed by atoms with Gasteiger partial charge in [-0.3, -0.25) is 0 Å². The summed E-state index contributed by atoms with van der Waals surface area (Å²) in [5, 5.41) is 8.65. The molecule has 0 spiro atoms. The molecule has 0 rings (SSSR count). The molecule has 0 saturated carbocycles. The van der Waals surface area contributed by atoms with E-state index >= 15 is 0 Å². The molecular formula is C6H13FO. The van der Waals surface area contributed by atoms with Crippen molar-refractivity contribution in [2.45, 2.75) is 39.0 Å². The second kappa shape index (κ2) is 2.44. The van der Waals surface area contributed by atoms with Crippen molar-refractivity contribution in [3.63, 3.8) is 0 Å². The van der Waals surface area contributed by atoms with Crippen molar-refractivity contribution in [1.29, 1.82) is 0 Å². The van der Waals surface area contributed by atoms with E-state index in [0.717, 1.165) is 0 Å². The molecule has 0 aromatic heterocycles. The van der Waals surface area contributed by atoms with Crippen molar-refractivity contribution >= 4 is 0 Å². The van der Waals surface area contributed by atoms with Gasteiger partial charge in [0, 0.05) is 6.42 Å². The summed E-state index contributed by atoms with van der Waals surface area (Å²) in [7, 11) is 0. The first-order valence-electron chi connectivity index (χ1n) is 2.79. The molecule has 0 unspecified atom stereocenters. The van der Waals surface area contributed by atoms with Crippen LogP contribution in [0.1, 0.15) is 27.2 Å². The Morgan fingerprint density at radius 1 is 1.62 bits per heavy atom. The number of hydrogen-bond acceptors (Lipinski definition) is 1. The zero-order valence-corrected chi connectivity index (χ0v) is 5.61. The van der Waals surface area contributed by atoms with E-state index in [-0.39, 0.29) is 6.42 Å². The van der Waals surface area contributed by atoms with Crippen LogP contribution in [0.3, 0.4) is 0 Å². The maximum Gasteiger partial charge on any atom is 0.108 e. The lowest BCUT2D eigenvalue weighted by Gasteiger charge is -2.14. The number of aliphatic hydroxyl groups is 1. The number of halogens is 1. The van der Waals surface area contributed by atoms with Crippen molar-refractivity contribution in [3.8, 4) is 0 Å². The van der Waals surface area contributed by atoms with Crippen molar-refractivity contribution in [2.75, 3.05) is 0 Å². The molecule has 0 aliphatic rings. The number of aliphatic hydroxyl groups excluding tert-OH is 1. The number of alkyl halides is 1.